The zero-order chi connectivity index (χ0) is 67.7. The van der Waals surface area contributed by atoms with E-state index in [-0.39, 0.29) is 67.1 Å². The standard InChI is InChI=1S/C73H95N17O6/c1-11-27-88(66(93)19-14-37-95-55-17-12-16-49(39-55)69-76-58-23-20-50(42-61(58)79-69)70-77-59-24-21-53(43-62(59)80-70)86-33-29-84(9)30-34-86)48-67(94)89(47-65(92)74-8)45-52-46-90(83-82-52)28-15-26-75-64(91)18-13-38-96-68-56(72(2,3)4)40-51(41-57(68)73(5,6)7)71-78-60-25-22-54(44-63(60)81-71)87-35-31-85(10)32-36-87/h12,16-17,20-25,39-44,46H,11,13-15,18-19,26-38,45,47-48H2,1-10H3,(H,74,92)(H,75,91)(H,76,79)(H,77,80)(H,78,81). The average Bonchev–Trinajstić information content (AvgIpc) is 1.43. The smallest absolute Gasteiger partial charge is 0.243 e. The van der Waals surface area contributed by atoms with Gasteiger partial charge in [-0.2, -0.15) is 0 Å². The van der Waals surface area contributed by atoms with Crippen LogP contribution >= 0.6 is 0 Å². The summed E-state index contributed by atoms with van der Waals surface area (Å²) >= 11 is 0. The van der Waals surface area contributed by atoms with Gasteiger partial charge in [-0.25, -0.2) is 15.0 Å². The third-order valence-corrected chi connectivity index (χ3v) is 18.1. The molecule has 5 aromatic carbocycles. The third-order valence-electron chi connectivity index (χ3n) is 18.1. The van der Waals surface area contributed by atoms with Crippen molar-refractivity contribution in [3.05, 3.63) is 114 Å². The van der Waals surface area contributed by atoms with E-state index in [1.165, 1.54) is 23.3 Å². The van der Waals surface area contributed by atoms with Crippen LogP contribution in [0, 0.1) is 0 Å². The molecule has 11 rings (SSSR count). The molecule has 0 radical (unpaired) electrons. The lowest BCUT2D eigenvalue weighted by Gasteiger charge is -2.34. The number of carbonyl (C=O) groups is 4. The Kier molecular flexibility index (Phi) is 21.4. The van der Waals surface area contributed by atoms with Crippen LogP contribution in [-0.2, 0) is 43.1 Å². The van der Waals surface area contributed by atoms with Crippen LogP contribution in [0.2, 0.25) is 0 Å². The van der Waals surface area contributed by atoms with Crippen molar-refractivity contribution in [1.29, 1.82) is 0 Å². The number of likely N-dealkylation sites (N-methyl/N-ethyl adjacent to an activating group) is 3. The zero-order valence-corrected chi connectivity index (χ0v) is 57.6. The van der Waals surface area contributed by atoms with Crippen molar-refractivity contribution >= 4 is 68.1 Å². The number of aryl methyl sites for hydroxylation is 1. The zero-order valence-electron chi connectivity index (χ0n) is 57.6. The quantitative estimate of drug-likeness (QED) is 0.0301. The first kappa shape index (κ1) is 68.0. The number of benzene rings is 5. The van der Waals surface area contributed by atoms with E-state index in [1.807, 2.05) is 43.3 Å². The molecule has 2 aliphatic rings. The molecule has 2 saturated heterocycles. The number of fused-ring (bicyclic) bond motifs is 3. The summed E-state index contributed by atoms with van der Waals surface area (Å²) in [5, 5.41) is 14.2. The van der Waals surface area contributed by atoms with Crippen LogP contribution in [0.4, 0.5) is 11.4 Å². The van der Waals surface area contributed by atoms with Crippen LogP contribution < -0.4 is 29.9 Å². The van der Waals surface area contributed by atoms with Gasteiger partial charge in [-0.3, -0.25) is 23.9 Å². The first-order valence-corrected chi connectivity index (χ1v) is 34.0. The van der Waals surface area contributed by atoms with E-state index in [4.69, 9.17) is 24.4 Å². The minimum Gasteiger partial charge on any atom is -0.494 e. The van der Waals surface area contributed by atoms with Crippen LogP contribution in [0.5, 0.6) is 11.5 Å². The average molecular weight is 1310 g/mol. The molecule has 0 atom stereocenters. The number of aromatic nitrogens is 9. The molecular weight excluding hydrogens is 1210 g/mol. The van der Waals surface area contributed by atoms with Crippen LogP contribution in [0.15, 0.2) is 97.2 Å². The molecule has 0 unspecified atom stereocenters. The molecular formula is C73H95N17O6. The highest BCUT2D eigenvalue weighted by Gasteiger charge is 2.30. The molecule has 23 nitrogen and oxygen atoms in total. The van der Waals surface area contributed by atoms with Gasteiger partial charge < -0.3 is 64.5 Å². The second kappa shape index (κ2) is 30.2. The molecule has 0 bridgehead atoms. The van der Waals surface area contributed by atoms with Crippen molar-refractivity contribution in [3.63, 3.8) is 0 Å². The summed E-state index contributed by atoms with van der Waals surface area (Å²) in [5.41, 5.74) is 13.0. The number of H-pyrrole nitrogens is 3. The fraction of sp³-hybridized carbons (Fsp3) is 0.466. The Balaban J connectivity index is 0.620. The van der Waals surface area contributed by atoms with E-state index >= 15 is 0 Å². The second-order valence-electron chi connectivity index (χ2n) is 27.7. The number of ether oxygens (including phenoxy) is 2. The van der Waals surface area contributed by atoms with Gasteiger partial charge in [0.25, 0.3) is 0 Å². The van der Waals surface area contributed by atoms with E-state index in [1.54, 1.807) is 15.8 Å². The highest BCUT2D eigenvalue weighted by Crippen LogP contribution is 2.43. The van der Waals surface area contributed by atoms with Crippen LogP contribution in [-0.4, -0.2) is 201 Å². The molecule has 2 aliphatic heterocycles. The van der Waals surface area contributed by atoms with Gasteiger partial charge >= 0.3 is 0 Å². The fourth-order valence-electron chi connectivity index (χ4n) is 12.4. The first-order valence-electron chi connectivity index (χ1n) is 34.0. The lowest BCUT2D eigenvalue weighted by Crippen LogP contribution is -2.46. The number of imidazole rings is 3. The van der Waals surface area contributed by atoms with Gasteiger partial charge in [0.05, 0.1) is 72.1 Å². The van der Waals surface area contributed by atoms with Crippen LogP contribution in [0.1, 0.15) is 104 Å². The second-order valence-corrected chi connectivity index (χ2v) is 27.7. The largest absolute Gasteiger partial charge is 0.494 e. The molecule has 0 spiro atoms. The summed E-state index contributed by atoms with van der Waals surface area (Å²) in [6.45, 7) is 24.8. The molecule has 96 heavy (non-hydrogen) atoms. The highest BCUT2D eigenvalue weighted by molar-refractivity contribution is 5.90. The Morgan fingerprint density at radius 2 is 1.14 bits per heavy atom. The number of nitrogens with zero attached hydrogens (tertiary/aromatic N) is 12. The van der Waals surface area contributed by atoms with Crippen molar-refractivity contribution in [2.75, 3.05) is 123 Å². The Bertz CT molecular complexity index is 4140. The van der Waals surface area contributed by atoms with Crippen molar-refractivity contribution in [2.24, 2.45) is 0 Å². The summed E-state index contributed by atoms with van der Waals surface area (Å²) in [4.78, 5) is 91.6. The number of rotatable bonds is 27. The molecule has 4 aromatic heterocycles. The number of carbonyl (C=O) groups excluding carboxylic acids is 4. The topological polar surface area (TPSA) is 247 Å². The summed E-state index contributed by atoms with van der Waals surface area (Å²) < 4.78 is 14.5. The molecule has 0 saturated carbocycles. The lowest BCUT2D eigenvalue weighted by molar-refractivity contribution is -0.142. The minimum atomic E-state index is -0.390. The summed E-state index contributed by atoms with van der Waals surface area (Å²) in [6.07, 6.45) is 4.38. The maximum atomic E-state index is 14.0. The molecule has 4 amide bonds. The lowest BCUT2D eigenvalue weighted by atomic mass is 9.78. The highest BCUT2D eigenvalue weighted by atomic mass is 16.5. The number of hydrogen-bond acceptors (Lipinski definition) is 15. The number of anilines is 2. The van der Waals surface area contributed by atoms with Crippen molar-refractivity contribution in [2.45, 2.75) is 111 Å². The molecule has 0 aliphatic carbocycles. The third kappa shape index (κ3) is 17.0. The SMILES string of the molecule is CCCN(CC(=O)N(CC(=O)NC)Cc1cn(CCCNC(=O)CCCOc2c(C(C)(C)C)cc(-c3nc4ccc(N5CCN(C)CC5)cc4[nH]3)cc2C(C)(C)C)nn1)C(=O)CCCOc1cccc(-c2nc3ccc(-c4nc5ccc(N6CCN(C)CC6)cc5[nH]4)cc3[nH]2)c1. The number of piperazine rings is 2. The maximum absolute atomic E-state index is 14.0. The van der Waals surface area contributed by atoms with Gasteiger partial charge in [0.15, 0.2) is 0 Å². The van der Waals surface area contributed by atoms with E-state index < -0.39 is 0 Å². The number of amides is 4. The summed E-state index contributed by atoms with van der Waals surface area (Å²) in [6, 6.07) is 31.1. The van der Waals surface area contributed by atoms with E-state index in [0.29, 0.717) is 75.6 Å². The predicted octanol–water partition coefficient (Wildman–Crippen LogP) is 9.54. The molecule has 508 valence electrons. The van der Waals surface area contributed by atoms with Gasteiger partial charge in [0, 0.05) is 131 Å². The van der Waals surface area contributed by atoms with Crippen molar-refractivity contribution < 1.29 is 28.7 Å². The van der Waals surface area contributed by atoms with E-state index in [0.717, 1.165) is 131 Å². The molecule has 23 heteroatoms. The monoisotopic (exact) mass is 1310 g/mol. The normalized spacial score (nSPS) is 14.2. The fourth-order valence-corrected chi connectivity index (χ4v) is 12.4. The Hall–Kier alpha value is -9.35. The molecule has 2 fully saturated rings. The van der Waals surface area contributed by atoms with Gasteiger partial charge in [-0.05, 0) is 129 Å². The Morgan fingerprint density at radius 3 is 1.72 bits per heavy atom. The predicted molar refractivity (Wildman–Crippen MR) is 378 cm³/mol. The van der Waals surface area contributed by atoms with Gasteiger partial charge in [-0.15, -0.1) is 5.10 Å². The first-order chi connectivity index (χ1) is 46.1. The number of nitrogens with one attached hydrogen (secondary N) is 5. The Labute approximate surface area is 562 Å². The summed E-state index contributed by atoms with van der Waals surface area (Å²) in [7, 11) is 5.85. The van der Waals surface area contributed by atoms with Crippen molar-refractivity contribution in [1.82, 2.24) is 75.1 Å². The summed E-state index contributed by atoms with van der Waals surface area (Å²) in [5.74, 6) is 2.81. The molecule has 5 N–H and O–H groups in total. The number of hydrogen-bond donors (Lipinski definition) is 5. The van der Waals surface area contributed by atoms with Gasteiger partial charge in [-0.1, -0.05) is 65.8 Å². The maximum Gasteiger partial charge on any atom is 0.243 e. The van der Waals surface area contributed by atoms with Crippen molar-refractivity contribution in [3.8, 4) is 45.7 Å². The molecule has 9 aromatic rings. The van der Waals surface area contributed by atoms with Crippen LogP contribution in [0.3, 0.4) is 0 Å². The Morgan fingerprint density at radius 1 is 0.583 bits per heavy atom. The number of aromatic amines is 3. The minimum absolute atomic E-state index is 0.0142. The van der Waals surface area contributed by atoms with Gasteiger partial charge in [0.1, 0.15) is 34.7 Å². The van der Waals surface area contributed by atoms with Crippen LogP contribution in [0.25, 0.3) is 67.3 Å². The van der Waals surface area contributed by atoms with E-state index in [9.17, 15) is 19.2 Å². The van der Waals surface area contributed by atoms with E-state index in [2.05, 4.69) is 166 Å². The molecule has 6 heterocycles. The van der Waals surface area contributed by atoms with Gasteiger partial charge in [0.2, 0.25) is 23.6 Å².